The van der Waals surface area contributed by atoms with Gasteiger partial charge in [-0.2, -0.15) is 9.61 Å². The van der Waals surface area contributed by atoms with Crippen LogP contribution in [0.4, 0.5) is 0 Å². The zero-order valence-electron chi connectivity index (χ0n) is 15.9. The number of rotatable bonds is 2. The molecule has 3 heterocycles. The van der Waals surface area contributed by atoms with Gasteiger partial charge >= 0.3 is 0 Å². The molecule has 0 spiro atoms. The third kappa shape index (κ3) is 2.69. The monoisotopic (exact) mass is 374 g/mol. The summed E-state index contributed by atoms with van der Waals surface area (Å²) in [5.41, 5.74) is 4.02. The number of aromatic nitrogens is 6. The van der Waals surface area contributed by atoms with Crippen LogP contribution in [0.5, 0.6) is 0 Å². The van der Waals surface area contributed by atoms with E-state index < -0.39 is 0 Å². The molecule has 1 aromatic carbocycles. The predicted octanol–water partition coefficient (Wildman–Crippen LogP) is 3.70. The third-order valence-electron chi connectivity index (χ3n) is 5.72. The molecule has 0 saturated heterocycles. The highest BCUT2D eigenvalue weighted by molar-refractivity contribution is 5.83. The Hall–Kier alpha value is -3.09. The van der Waals surface area contributed by atoms with Crippen molar-refractivity contribution >= 4 is 16.8 Å². The largest absolute Gasteiger partial charge is 0.294 e. The molecule has 0 bridgehead atoms. The summed E-state index contributed by atoms with van der Waals surface area (Å²) in [6.07, 6.45) is 8.48. The molecule has 1 aliphatic carbocycles. The highest BCUT2D eigenvalue weighted by atomic mass is 16.1. The first-order valence-corrected chi connectivity index (χ1v) is 9.92. The fraction of sp³-hybridized carbons (Fsp3) is 0.381. The number of nitrogens with zero attached hydrogens (tertiary/aromatic N) is 6. The van der Waals surface area contributed by atoms with Crippen molar-refractivity contribution in [3.63, 3.8) is 0 Å². The van der Waals surface area contributed by atoms with Gasteiger partial charge in [0.2, 0.25) is 0 Å². The molecule has 1 saturated carbocycles. The van der Waals surface area contributed by atoms with Gasteiger partial charge < -0.3 is 0 Å². The molecule has 7 heteroatoms. The van der Waals surface area contributed by atoms with Gasteiger partial charge in [0.15, 0.2) is 16.8 Å². The summed E-state index contributed by atoms with van der Waals surface area (Å²) >= 11 is 0. The van der Waals surface area contributed by atoms with E-state index in [0.29, 0.717) is 11.3 Å². The lowest BCUT2D eigenvalue weighted by Gasteiger charge is -2.17. The van der Waals surface area contributed by atoms with Gasteiger partial charge in [-0.05, 0) is 25.3 Å². The standard InChI is InChI=1S/C21H22N6O/c1-14-17(15-9-5-4-6-10-15)19-24-23-18-20(27(19)25-14)22-13-26(21(18)28)16-11-7-2-3-8-12-16/h4-6,9-10,13,16H,2-3,7-8,11-12H2,1H3. The van der Waals surface area contributed by atoms with Crippen LogP contribution in [0.2, 0.25) is 0 Å². The van der Waals surface area contributed by atoms with Crippen LogP contribution in [-0.2, 0) is 0 Å². The second-order valence-corrected chi connectivity index (χ2v) is 7.54. The molecule has 0 radical (unpaired) electrons. The SMILES string of the molecule is Cc1nn2c(nnc3c(=O)n(C4CCCCCC4)cnc32)c1-c1ccccc1. The summed E-state index contributed by atoms with van der Waals surface area (Å²) in [6.45, 7) is 1.94. The van der Waals surface area contributed by atoms with E-state index in [0.717, 1.165) is 42.5 Å². The van der Waals surface area contributed by atoms with Crippen molar-refractivity contribution in [3.05, 3.63) is 52.7 Å². The molecule has 0 unspecified atom stereocenters. The van der Waals surface area contributed by atoms with E-state index in [1.54, 1.807) is 15.4 Å². The minimum absolute atomic E-state index is 0.124. The highest BCUT2D eigenvalue weighted by Gasteiger charge is 2.21. The van der Waals surface area contributed by atoms with Crippen molar-refractivity contribution in [1.29, 1.82) is 0 Å². The first-order valence-electron chi connectivity index (χ1n) is 9.92. The molecule has 0 atom stereocenters. The molecule has 0 amide bonds. The highest BCUT2D eigenvalue weighted by Crippen LogP contribution is 2.28. The number of hydrogen-bond donors (Lipinski definition) is 0. The van der Waals surface area contributed by atoms with E-state index in [-0.39, 0.29) is 17.1 Å². The maximum Gasteiger partial charge on any atom is 0.283 e. The maximum absolute atomic E-state index is 13.1. The molecule has 7 nitrogen and oxygen atoms in total. The summed E-state index contributed by atoms with van der Waals surface area (Å²) in [5, 5.41) is 13.3. The normalized spacial score (nSPS) is 15.9. The van der Waals surface area contributed by atoms with Crippen LogP contribution < -0.4 is 5.56 Å². The Balaban J connectivity index is 1.69. The van der Waals surface area contributed by atoms with Crippen molar-refractivity contribution in [2.75, 3.05) is 0 Å². The van der Waals surface area contributed by atoms with Crippen LogP contribution in [0.1, 0.15) is 50.3 Å². The molecule has 0 aliphatic heterocycles. The zero-order valence-corrected chi connectivity index (χ0v) is 15.9. The van der Waals surface area contributed by atoms with Gasteiger partial charge in [-0.25, -0.2) is 4.98 Å². The quantitative estimate of drug-likeness (QED) is 0.500. The van der Waals surface area contributed by atoms with Gasteiger partial charge in [0.25, 0.3) is 5.56 Å². The topological polar surface area (TPSA) is 78.0 Å². The first kappa shape index (κ1) is 17.0. The average Bonchev–Trinajstić information content (AvgIpc) is 2.88. The molecular formula is C21H22N6O. The van der Waals surface area contributed by atoms with Crippen molar-refractivity contribution in [1.82, 2.24) is 29.4 Å². The second kappa shape index (κ2) is 6.82. The fourth-order valence-corrected chi connectivity index (χ4v) is 4.28. The lowest BCUT2D eigenvalue weighted by Crippen LogP contribution is -2.26. The Labute approximate surface area is 162 Å². The van der Waals surface area contributed by atoms with E-state index in [4.69, 9.17) is 0 Å². The lowest BCUT2D eigenvalue weighted by molar-refractivity contribution is 0.429. The lowest BCUT2D eigenvalue weighted by atomic mass is 10.1. The minimum atomic E-state index is -0.124. The molecule has 0 N–H and O–H groups in total. The van der Waals surface area contributed by atoms with Crippen LogP contribution in [0.15, 0.2) is 41.5 Å². The van der Waals surface area contributed by atoms with E-state index >= 15 is 0 Å². The molecule has 142 valence electrons. The summed E-state index contributed by atoms with van der Waals surface area (Å²) in [4.78, 5) is 17.7. The average molecular weight is 374 g/mol. The predicted molar refractivity (Wildman–Crippen MR) is 107 cm³/mol. The van der Waals surface area contributed by atoms with Gasteiger partial charge in [0.05, 0.1) is 11.3 Å². The van der Waals surface area contributed by atoms with Gasteiger partial charge in [-0.1, -0.05) is 56.0 Å². The fourth-order valence-electron chi connectivity index (χ4n) is 4.28. The molecule has 1 aliphatic rings. The first-order chi connectivity index (χ1) is 13.7. The van der Waals surface area contributed by atoms with Gasteiger partial charge in [-0.3, -0.25) is 9.36 Å². The molecule has 28 heavy (non-hydrogen) atoms. The van der Waals surface area contributed by atoms with Gasteiger partial charge in [0.1, 0.15) is 6.33 Å². The summed E-state index contributed by atoms with van der Waals surface area (Å²) in [7, 11) is 0. The Morgan fingerprint density at radius 3 is 2.46 bits per heavy atom. The third-order valence-corrected chi connectivity index (χ3v) is 5.72. The van der Waals surface area contributed by atoms with E-state index in [2.05, 4.69) is 20.3 Å². The van der Waals surface area contributed by atoms with Crippen molar-refractivity contribution in [3.8, 4) is 11.1 Å². The van der Waals surface area contributed by atoms with E-state index in [1.807, 2.05) is 37.3 Å². The summed E-state index contributed by atoms with van der Waals surface area (Å²) < 4.78 is 3.40. The van der Waals surface area contributed by atoms with Gasteiger partial charge in [0, 0.05) is 6.04 Å². The number of fused-ring (bicyclic) bond motifs is 3. The number of aryl methyl sites for hydroxylation is 1. The smallest absolute Gasteiger partial charge is 0.283 e. The maximum atomic E-state index is 13.1. The van der Waals surface area contributed by atoms with Crippen molar-refractivity contribution in [2.45, 2.75) is 51.5 Å². The molecule has 5 rings (SSSR count). The van der Waals surface area contributed by atoms with E-state index in [1.165, 1.54) is 12.8 Å². The summed E-state index contributed by atoms with van der Waals surface area (Å²) in [6, 6.07) is 10.2. The Morgan fingerprint density at radius 2 is 1.71 bits per heavy atom. The molecular weight excluding hydrogens is 352 g/mol. The second-order valence-electron chi connectivity index (χ2n) is 7.54. The zero-order chi connectivity index (χ0) is 19.1. The Bertz CT molecular complexity index is 1200. The molecule has 3 aromatic heterocycles. The molecule has 4 aromatic rings. The Morgan fingerprint density at radius 1 is 0.964 bits per heavy atom. The summed E-state index contributed by atoms with van der Waals surface area (Å²) in [5.74, 6) is 0. The van der Waals surface area contributed by atoms with Crippen LogP contribution in [-0.4, -0.2) is 29.4 Å². The number of hydrogen-bond acceptors (Lipinski definition) is 5. The van der Waals surface area contributed by atoms with Crippen LogP contribution in [0, 0.1) is 6.92 Å². The van der Waals surface area contributed by atoms with Gasteiger partial charge in [-0.15, -0.1) is 10.2 Å². The molecule has 1 fully saturated rings. The Kier molecular flexibility index (Phi) is 4.15. The number of benzene rings is 1. The minimum Gasteiger partial charge on any atom is -0.294 e. The van der Waals surface area contributed by atoms with E-state index in [9.17, 15) is 4.79 Å². The van der Waals surface area contributed by atoms with Crippen LogP contribution >= 0.6 is 0 Å². The van der Waals surface area contributed by atoms with Crippen LogP contribution in [0.3, 0.4) is 0 Å². The van der Waals surface area contributed by atoms with Crippen LogP contribution in [0.25, 0.3) is 27.9 Å². The van der Waals surface area contributed by atoms with Crippen molar-refractivity contribution < 1.29 is 0 Å². The van der Waals surface area contributed by atoms with Crippen molar-refractivity contribution in [2.24, 2.45) is 0 Å².